The Morgan fingerprint density at radius 1 is 0.865 bits per heavy atom. The number of para-hydroxylation sites is 1. The van der Waals surface area contributed by atoms with Crippen LogP contribution in [0.1, 0.15) is 5.56 Å². The van der Waals surface area contributed by atoms with Crippen LogP contribution in [0.3, 0.4) is 0 Å². The molecule has 0 atom stereocenters. The van der Waals surface area contributed by atoms with E-state index in [0.29, 0.717) is 16.6 Å². The van der Waals surface area contributed by atoms with Crippen molar-refractivity contribution in [2.45, 2.75) is 11.8 Å². The second-order valence-corrected chi connectivity index (χ2v) is 9.60. The van der Waals surface area contributed by atoms with Crippen LogP contribution in [0, 0.1) is 6.92 Å². The van der Waals surface area contributed by atoms with Crippen molar-refractivity contribution >= 4 is 55.8 Å². The van der Waals surface area contributed by atoms with Gasteiger partial charge in [-0.05, 0) is 55.5 Å². The number of azo groups is 1. The first-order chi connectivity index (χ1) is 17.7. The Kier molecular flexibility index (Phi) is 6.21. The van der Waals surface area contributed by atoms with Crippen molar-refractivity contribution in [1.29, 1.82) is 0 Å². The number of nitrogens with zero attached hydrogens (tertiary/aromatic N) is 5. The SMILES string of the molecule is Cc1ccc2[nH]c(O)c(N=Nc3nc(Nc4ccccc4)nc(Nc4ccc(S(N)(=O)=O)cc4)n3)c2c1. The Bertz CT molecular complexity index is 1720. The molecule has 0 aliphatic rings. The van der Waals surface area contributed by atoms with Gasteiger partial charge >= 0.3 is 0 Å². The van der Waals surface area contributed by atoms with Crippen LogP contribution in [0.15, 0.2) is 87.9 Å². The Labute approximate surface area is 211 Å². The van der Waals surface area contributed by atoms with Crippen LogP contribution in [0.2, 0.25) is 0 Å². The Hall–Kier alpha value is -4.88. The zero-order valence-corrected chi connectivity index (χ0v) is 20.2. The van der Waals surface area contributed by atoms with Crippen molar-refractivity contribution in [3.63, 3.8) is 0 Å². The number of H-pyrrole nitrogens is 1. The summed E-state index contributed by atoms with van der Waals surface area (Å²) in [5.74, 6) is 0.162. The molecule has 3 aromatic carbocycles. The van der Waals surface area contributed by atoms with Crippen molar-refractivity contribution in [3.05, 3.63) is 78.4 Å². The predicted octanol–water partition coefficient (Wildman–Crippen LogP) is 4.92. The molecule has 0 saturated heterocycles. The number of anilines is 4. The van der Waals surface area contributed by atoms with Crippen molar-refractivity contribution in [2.75, 3.05) is 10.6 Å². The van der Waals surface area contributed by atoms with E-state index in [1.807, 2.05) is 55.5 Å². The molecule has 2 aromatic heterocycles. The quantitative estimate of drug-likeness (QED) is 0.189. The maximum absolute atomic E-state index is 11.5. The third-order valence-corrected chi connectivity index (χ3v) is 6.17. The molecule has 0 amide bonds. The van der Waals surface area contributed by atoms with Gasteiger partial charge in [-0.2, -0.15) is 15.0 Å². The highest BCUT2D eigenvalue weighted by atomic mass is 32.2. The van der Waals surface area contributed by atoms with Gasteiger partial charge in [-0.25, -0.2) is 13.6 Å². The molecule has 0 aliphatic heterocycles. The fourth-order valence-electron chi connectivity index (χ4n) is 3.50. The van der Waals surface area contributed by atoms with Gasteiger partial charge in [0, 0.05) is 16.8 Å². The van der Waals surface area contributed by atoms with E-state index in [1.54, 1.807) is 0 Å². The molecule has 0 spiro atoms. The van der Waals surface area contributed by atoms with Crippen LogP contribution in [0.25, 0.3) is 10.9 Å². The van der Waals surface area contributed by atoms with E-state index in [4.69, 9.17) is 5.14 Å². The van der Waals surface area contributed by atoms with E-state index in [0.717, 1.165) is 11.3 Å². The third kappa shape index (κ3) is 5.52. The summed E-state index contributed by atoms with van der Waals surface area (Å²) >= 11 is 0. The Balaban J connectivity index is 1.50. The van der Waals surface area contributed by atoms with E-state index < -0.39 is 10.0 Å². The van der Waals surface area contributed by atoms with Crippen LogP contribution in [-0.4, -0.2) is 33.5 Å². The summed E-state index contributed by atoms with van der Waals surface area (Å²) in [6.45, 7) is 1.94. The number of sulfonamides is 1. The highest BCUT2D eigenvalue weighted by Crippen LogP contribution is 2.36. The number of hydrogen-bond donors (Lipinski definition) is 5. The molecule has 0 saturated carbocycles. The lowest BCUT2D eigenvalue weighted by Gasteiger charge is -2.09. The molecule has 37 heavy (non-hydrogen) atoms. The topological polar surface area (TPSA) is 184 Å². The highest BCUT2D eigenvalue weighted by Gasteiger charge is 2.13. The number of aryl methyl sites for hydroxylation is 1. The molecule has 186 valence electrons. The summed E-state index contributed by atoms with van der Waals surface area (Å²) < 4.78 is 23.1. The second-order valence-electron chi connectivity index (χ2n) is 8.04. The van der Waals surface area contributed by atoms with Crippen LogP contribution < -0.4 is 15.8 Å². The second kappa shape index (κ2) is 9.64. The van der Waals surface area contributed by atoms with Gasteiger partial charge < -0.3 is 20.7 Å². The maximum Gasteiger partial charge on any atom is 0.275 e. The van der Waals surface area contributed by atoms with Gasteiger partial charge in [0.2, 0.25) is 27.8 Å². The first-order valence-electron chi connectivity index (χ1n) is 11.0. The summed E-state index contributed by atoms with van der Waals surface area (Å²) in [4.78, 5) is 15.8. The molecule has 0 fully saturated rings. The number of primary sulfonamides is 1. The summed E-state index contributed by atoms with van der Waals surface area (Å²) in [5, 5.41) is 30.6. The minimum Gasteiger partial charge on any atom is -0.493 e. The third-order valence-electron chi connectivity index (χ3n) is 5.24. The average molecular weight is 516 g/mol. The Morgan fingerprint density at radius 3 is 2.16 bits per heavy atom. The van der Waals surface area contributed by atoms with Gasteiger partial charge in [0.05, 0.1) is 10.4 Å². The largest absolute Gasteiger partial charge is 0.493 e. The number of aromatic hydroxyl groups is 1. The van der Waals surface area contributed by atoms with Gasteiger partial charge in [-0.3, -0.25) is 0 Å². The van der Waals surface area contributed by atoms with Crippen LogP contribution in [0.5, 0.6) is 5.88 Å². The molecule has 12 nitrogen and oxygen atoms in total. The first-order valence-corrected chi connectivity index (χ1v) is 12.5. The van der Waals surface area contributed by atoms with Crippen molar-refractivity contribution in [1.82, 2.24) is 19.9 Å². The summed E-state index contributed by atoms with van der Waals surface area (Å²) in [6, 6.07) is 20.7. The molecular formula is C24H21N9O3S. The van der Waals surface area contributed by atoms with Gasteiger partial charge in [-0.15, -0.1) is 10.2 Å². The number of nitrogens with one attached hydrogen (secondary N) is 3. The number of aromatic amines is 1. The van der Waals surface area contributed by atoms with Gasteiger partial charge in [0.1, 0.15) is 0 Å². The van der Waals surface area contributed by atoms with E-state index in [2.05, 4.69) is 40.8 Å². The number of hydrogen-bond acceptors (Lipinski definition) is 10. The molecule has 0 aliphatic carbocycles. The fraction of sp³-hybridized carbons (Fsp3) is 0.0417. The van der Waals surface area contributed by atoms with E-state index in [9.17, 15) is 13.5 Å². The number of aromatic nitrogens is 4. The van der Waals surface area contributed by atoms with E-state index >= 15 is 0 Å². The van der Waals surface area contributed by atoms with Crippen molar-refractivity contribution < 1.29 is 13.5 Å². The lowest BCUT2D eigenvalue weighted by Crippen LogP contribution is -2.11. The number of nitrogens with two attached hydrogens (primary N) is 1. The summed E-state index contributed by atoms with van der Waals surface area (Å²) in [6.07, 6.45) is 0. The molecule has 5 rings (SSSR count). The van der Waals surface area contributed by atoms with Crippen LogP contribution in [0.4, 0.5) is 34.9 Å². The van der Waals surface area contributed by atoms with Crippen molar-refractivity contribution in [2.24, 2.45) is 15.4 Å². The fourth-order valence-corrected chi connectivity index (χ4v) is 4.02. The molecule has 13 heteroatoms. The normalized spacial score (nSPS) is 11.7. The number of rotatable bonds is 7. The van der Waals surface area contributed by atoms with Gasteiger partial charge in [0.25, 0.3) is 5.95 Å². The molecule has 0 unspecified atom stereocenters. The standard InChI is InChI=1S/C24H21N9O3S/c1-14-7-12-19-18(13-14)20(21(34)28-19)32-33-24-30-22(26-15-5-3-2-4-6-15)29-23(31-24)27-16-8-10-17(11-9-16)37(25,35)36/h2-13,28,34H,1H3,(H2,25,35,36)(H2,26,27,29,30,31). The molecule has 0 bridgehead atoms. The summed E-state index contributed by atoms with van der Waals surface area (Å²) in [5.41, 5.74) is 3.22. The van der Waals surface area contributed by atoms with Gasteiger partial charge in [0.15, 0.2) is 5.69 Å². The van der Waals surface area contributed by atoms with Crippen molar-refractivity contribution in [3.8, 4) is 5.88 Å². The smallest absolute Gasteiger partial charge is 0.275 e. The van der Waals surface area contributed by atoms with E-state index in [-0.39, 0.29) is 34.3 Å². The lowest BCUT2D eigenvalue weighted by atomic mass is 10.2. The van der Waals surface area contributed by atoms with Crippen LogP contribution in [-0.2, 0) is 10.0 Å². The minimum absolute atomic E-state index is 0.0246. The molecule has 2 heterocycles. The minimum atomic E-state index is -3.82. The monoisotopic (exact) mass is 515 g/mol. The zero-order valence-electron chi connectivity index (χ0n) is 19.4. The highest BCUT2D eigenvalue weighted by molar-refractivity contribution is 7.89. The lowest BCUT2D eigenvalue weighted by molar-refractivity contribution is 0.459. The molecule has 0 radical (unpaired) electrons. The average Bonchev–Trinajstić information content (AvgIpc) is 3.17. The first kappa shape index (κ1) is 23.8. The van der Waals surface area contributed by atoms with E-state index in [1.165, 1.54) is 24.3 Å². The summed E-state index contributed by atoms with van der Waals surface area (Å²) in [7, 11) is -3.82. The zero-order chi connectivity index (χ0) is 26.0. The van der Waals surface area contributed by atoms with Crippen LogP contribution >= 0.6 is 0 Å². The molecule has 5 aromatic rings. The number of fused-ring (bicyclic) bond motifs is 1. The predicted molar refractivity (Wildman–Crippen MR) is 140 cm³/mol. The molecule has 6 N–H and O–H groups in total. The Morgan fingerprint density at radius 2 is 1.51 bits per heavy atom. The molecular weight excluding hydrogens is 494 g/mol. The maximum atomic E-state index is 11.5. The number of benzene rings is 3. The van der Waals surface area contributed by atoms with Gasteiger partial charge in [-0.1, -0.05) is 29.8 Å².